The van der Waals surface area contributed by atoms with Crippen LogP contribution in [0.1, 0.15) is 39.5 Å². The fourth-order valence-electron chi connectivity index (χ4n) is 5.71. The van der Waals surface area contributed by atoms with Crippen LogP contribution in [-0.4, -0.2) is 83.9 Å². The lowest BCUT2D eigenvalue weighted by Gasteiger charge is -2.43. The highest BCUT2D eigenvalue weighted by Crippen LogP contribution is 2.34. The van der Waals surface area contributed by atoms with Gasteiger partial charge in [-0.3, -0.25) is 9.59 Å². The molecule has 2 saturated heterocycles. The summed E-state index contributed by atoms with van der Waals surface area (Å²) in [6.07, 6.45) is 3.45. The van der Waals surface area contributed by atoms with E-state index in [-0.39, 0.29) is 36.7 Å². The average Bonchev–Trinajstić information content (AvgIpc) is 3.37. The number of likely N-dealkylation sites (tertiary alicyclic amines) is 2. The Labute approximate surface area is 218 Å². The molecule has 2 aliphatic rings. The third kappa shape index (κ3) is 5.34. The number of aromatic amines is 1. The fraction of sp³-hybridized carbons (Fsp3) is 0.593. The molecule has 2 fully saturated rings. The summed E-state index contributed by atoms with van der Waals surface area (Å²) >= 11 is 0. The van der Waals surface area contributed by atoms with Gasteiger partial charge in [-0.15, -0.1) is 0 Å². The number of anilines is 2. The van der Waals surface area contributed by atoms with Crippen LogP contribution < -0.4 is 9.80 Å². The first-order chi connectivity index (χ1) is 17.7. The average molecular weight is 505 g/mol. The Morgan fingerprint density at radius 1 is 1.00 bits per heavy atom. The number of nitrogens with zero attached hydrogens (tertiary/aromatic N) is 7. The van der Waals surface area contributed by atoms with Gasteiger partial charge in [0.1, 0.15) is 18.7 Å². The molecule has 2 unspecified atom stereocenters. The van der Waals surface area contributed by atoms with Crippen LogP contribution in [0.2, 0.25) is 0 Å². The number of carbonyl (C=O) groups excluding carboxylic acids is 2. The van der Waals surface area contributed by atoms with Gasteiger partial charge in [-0.25, -0.2) is 4.98 Å². The van der Waals surface area contributed by atoms with Crippen LogP contribution in [0.3, 0.4) is 0 Å². The van der Waals surface area contributed by atoms with Crippen molar-refractivity contribution in [2.45, 2.75) is 51.6 Å². The quantitative estimate of drug-likeness (QED) is 0.641. The molecule has 1 N–H and O–H groups in total. The molecule has 4 atom stereocenters. The van der Waals surface area contributed by atoms with Gasteiger partial charge in [0.25, 0.3) is 0 Å². The predicted molar refractivity (Wildman–Crippen MR) is 142 cm³/mol. The molecule has 2 aliphatic heterocycles. The molecule has 4 heterocycles. The number of rotatable bonds is 6. The first-order valence-electron chi connectivity index (χ1n) is 13.0. The summed E-state index contributed by atoms with van der Waals surface area (Å²) in [6.45, 7) is 6.85. The molecule has 10 nitrogen and oxygen atoms in total. The SMILES string of the molecule is CC1CCN(C(=O)CC#N)CC1N(C)c1nc(N(C)[C@H]2CN(C(=O)CC#N)CC[C@H]2C)cc2cc[nH]c12. The third-order valence-corrected chi connectivity index (χ3v) is 8.20. The molecule has 2 amide bonds. The number of carbonyl (C=O) groups is 2. The van der Waals surface area contributed by atoms with E-state index in [9.17, 15) is 9.59 Å². The normalized spacial score (nSPS) is 23.8. The second-order valence-electron chi connectivity index (χ2n) is 10.5. The number of pyridine rings is 1. The highest BCUT2D eigenvalue weighted by atomic mass is 16.2. The van der Waals surface area contributed by atoms with Crippen molar-refractivity contribution in [2.75, 3.05) is 50.1 Å². The zero-order valence-electron chi connectivity index (χ0n) is 22.1. The summed E-state index contributed by atoms with van der Waals surface area (Å²) in [5.74, 6) is 2.10. The van der Waals surface area contributed by atoms with Crippen molar-refractivity contribution >= 4 is 34.4 Å². The molecule has 0 aliphatic carbocycles. The van der Waals surface area contributed by atoms with Gasteiger partial charge in [-0.2, -0.15) is 10.5 Å². The van der Waals surface area contributed by atoms with Crippen molar-refractivity contribution in [3.8, 4) is 12.1 Å². The number of likely N-dealkylation sites (N-methyl/N-ethyl adjacent to an activating group) is 2. The fourth-order valence-corrected chi connectivity index (χ4v) is 5.71. The summed E-state index contributed by atoms with van der Waals surface area (Å²) in [5.41, 5.74) is 0.940. The first-order valence-corrected chi connectivity index (χ1v) is 13.0. The molecule has 4 rings (SSSR count). The smallest absolute Gasteiger partial charge is 0.236 e. The van der Waals surface area contributed by atoms with Gasteiger partial charge in [0.15, 0.2) is 5.82 Å². The monoisotopic (exact) mass is 504 g/mol. The van der Waals surface area contributed by atoms with E-state index in [4.69, 9.17) is 15.5 Å². The molecule has 2 aromatic rings. The zero-order chi connectivity index (χ0) is 26.7. The highest BCUT2D eigenvalue weighted by molar-refractivity contribution is 5.92. The van der Waals surface area contributed by atoms with Crippen LogP contribution in [0.4, 0.5) is 11.6 Å². The Hall–Kier alpha value is -3.79. The lowest BCUT2D eigenvalue weighted by Crippen LogP contribution is -2.53. The molecular weight excluding hydrogens is 468 g/mol. The molecule has 0 spiro atoms. The van der Waals surface area contributed by atoms with Crippen LogP contribution in [0.15, 0.2) is 18.3 Å². The standard InChI is InChI=1S/C27H36N8O2/c1-18-8-13-34(24(36)5-10-28)16-21(18)32(3)23-15-20-7-12-30-26(20)27(31-23)33(4)22-17-35(14-9-19(22)2)25(37)6-11-29/h7,12,15,18-19,21-22,30H,5-6,8-9,13-14,16-17H2,1-4H3/t18-,19?,21+,22?/m1/s1. The van der Waals surface area contributed by atoms with Crippen molar-refractivity contribution in [1.82, 2.24) is 19.8 Å². The van der Waals surface area contributed by atoms with E-state index in [1.165, 1.54) is 0 Å². The first kappa shape index (κ1) is 26.3. The third-order valence-electron chi connectivity index (χ3n) is 8.20. The number of amides is 2. The van der Waals surface area contributed by atoms with E-state index in [1.54, 1.807) is 9.80 Å². The highest BCUT2D eigenvalue weighted by Gasteiger charge is 2.35. The van der Waals surface area contributed by atoms with E-state index in [2.05, 4.69) is 34.7 Å². The number of fused-ring (bicyclic) bond motifs is 1. The Morgan fingerprint density at radius 3 is 2.08 bits per heavy atom. The molecule has 0 aromatic carbocycles. The van der Waals surface area contributed by atoms with Crippen molar-refractivity contribution in [2.24, 2.45) is 11.8 Å². The van der Waals surface area contributed by atoms with Gasteiger partial charge in [0.2, 0.25) is 11.8 Å². The van der Waals surface area contributed by atoms with Crippen molar-refractivity contribution < 1.29 is 9.59 Å². The van der Waals surface area contributed by atoms with E-state index < -0.39 is 0 Å². The second kappa shape index (κ2) is 11.1. The van der Waals surface area contributed by atoms with Crippen LogP contribution >= 0.6 is 0 Å². The maximum atomic E-state index is 12.5. The number of nitrogens with one attached hydrogen (secondary N) is 1. The summed E-state index contributed by atoms with van der Waals surface area (Å²) < 4.78 is 0. The number of nitriles is 2. The summed E-state index contributed by atoms with van der Waals surface area (Å²) in [5, 5.41) is 19.0. The van der Waals surface area contributed by atoms with Crippen LogP contribution in [-0.2, 0) is 9.59 Å². The molecule has 37 heavy (non-hydrogen) atoms. The van der Waals surface area contributed by atoms with E-state index in [1.807, 2.05) is 38.5 Å². The topological polar surface area (TPSA) is 123 Å². The maximum absolute atomic E-state index is 12.5. The van der Waals surface area contributed by atoms with E-state index in [0.717, 1.165) is 35.4 Å². The van der Waals surface area contributed by atoms with Gasteiger partial charge in [0, 0.05) is 51.9 Å². The van der Waals surface area contributed by atoms with E-state index in [0.29, 0.717) is 38.0 Å². The number of hydrogen-bond acceptors (Lipinski definition) is 7. The zero-order valence-corrected chi connectivity index (χ0v) is 22.1. The minimum absolute atomic E-state index is 0.0589. The van der Waals surface area contributed by atoms with Crippen molar-refractivity contribution in [1.29, 1.82) is 10.5 Å². The van der Waals surface area contributed by atoms with Gasteiger partial charge >= 0.3 is 0 Å². The summed E-state index contributed by atoms with van der Waals surface area (Å²) in [7, 11) is 4.05. The minimum Gasteiger partial charge on any atom is -0.358 e. The van der Waals surface area contributed by atoms with Gasteiger partial charge in [0.05, 0.1) is 29.7 Å². The minimum atomic E-state index is -0.124. The maximum Gasteiger partial charge on any atom is 0.236 e. The lowest BCUT2D eigenvalue weighted by molar-refractivity contribution is -0.132. The Bertz CT molecular complexity index is 1230. The van der Waals surface area contributed by atoms with E-state index >= 15 is 0 Å². The van der Waals surface area contributed by atoms with Crippen molar-refractivity contribution in [3.05, 3.63) is 18.3 Å². The predicted octanol–water partition coefficient (Wildman–Crippen LogP) is 2.74. The molecule has 0 bridgehead atoms. The summed E-state index contributed by atoms with van der Waals surface area (Å²) in [6, 6.07) is 8.19. The Kier molecular flexibility index (Phi) is 7.87. The van der Waals surface area contributed by atoms with Crippen molar-refractivity contribution in [3.63, 3.8) is 0 Å². The molecule has 196 valence electrons. The number of H-pyrrole nitrogens is 1. The lowest BCUT2D eigenvalue weighted by atomic mass is 9.91. The van der Waals surface area contributed by atoms with Crippen LogP contribution in [0.5, 0.6) is 0 Å². The second-order valence-corrected chi connectivity index (χ2v) is 10.5. The number of piperidine rings is 2. The van der Waals surface area contributed by atoms with Gasteiger partial charge in [-0.05, 0) is 36.8 Å². The molecule has 10 heteroatoms. The molecule has 0 saturated carbocycles. The van der Waals surface area contributed by atoms with Gasteiger partial charge < -0.3 is 24.6 Å². The Morgan fingerprint density at radius 2 is 1.54 bits per heavy atom. The van der Waals surface area contributed by atoms with Crippen LogP contribution in [0, 0.1) is 34.5 Å². The molecule has 0 radical (unpaired) electrons. The number of hydrogen-bond donors (Lipinski definition) is 1. The van der Waals surface area contributed by atoms with Gasteiger partial charge in [-0.1, -0.05) is 13.8 Å². The summed E-state index contributed by atoms with van der Waals surface area (Å²) in [4.78, 5) is 41.2. The Balaban J connectivity index is 1.63. The molecular formula is C27H36N8O2. The molecule has 2 aromatic heterocycles. The number of aromatic nitrogens is 2. The van der Waals surface area contributed by atoms with Crippen LogP contribution in [0.25, 0.3) is 10.9 Å². The largest absolute Gasteiger partial charge is 0.358 e.